The Bertz CT molecular complexity index is 860. The van der Waals surface area contributed by atoms with E-state index >= 15 is 0 Å². The molecule has 25 heavy (non-hydrogen) atoms. The molecule has 1 aliphatic rings. The van der Waals surface area contributed by atoms with Crippen LogP contribution in [0.15, 0.2) is 41.3 Å². The van der Waals surface area contributed by atoms with Crippen LogP contribution in [0.1, 0.15) is 17.2 Å². The lowest BCUT2D eigenvalue weighted by atomic mass is 9.95. The molecule has 1 saturated heterocycles. The van der Waals surface area contributed by atoms with Crippen LogP contribution in [0.2, 0.25) is 10.0 Å². The van der Waals surface area contributed by atoms with Crippen LogP contribution in [-0.2, 0) is 11.3 Å². The molecular formula is C18H17Cl2N3O2. The lowest BCUT2D eigenvalue weighted by Crippen LogP contribution is -2.32. The van der Waals surface area contributed by atoms with Crippen LogP contribution in [0, 0.1) is 17.2 Å². The third-order valence-electron chi connectivity index (χ3n) is 4.25. The molecule has 0 bridgehead atoms. The van der Waals surface area contributed by atoms with Gasteiger partial charge in [0.2, 0.25) is 0 Å². The minimum Gasteiger partial charge on any atom is -0.372 e. The van der Waals surface area contributed by atoms with Crippen molar-refractivity contribution >= 4 is 23.2 Å². The Kier molecular flexibility index (Phi) is 5.77. The van der Waals surface area contributed by atoms with E-state index in [0.717, 1.165) is 12.1 Å². The molecule has 0 radical (unpaired) electrons. The number of rotatable bonds is 3. The molecule has 1 aromatic carbocycles. The maximum atomic E-state index is 12.3. The third-order valence-corrected chi connectivity index (χ3v) is 4.99. The van der Waals surface area contributed by atoms with Gasteiger partial charge in [-0.3, -0.25) is 4.79 Å². The lowest BCUT2D eigenvalue weighted by molar-refractivity contribution is 0.0250. The third kappa shape index (κ3) is 4.05. The van der Waals surface area contributed by atoms with Crippen molar-refractivity contribution < 1.29 is 4.74 Å². The maximum absolute atomic E-state index is 12.3. The first-order valence-corrected chi connectivity index (χ1v) is 8.72. The number of hydrogen-bond donors (Lipinski definition) is 1. The van der Waals surface area contributed by atoms with E-state index in [4.69, 9.17) is 33.2 Å². The number of aromatic nitrogens is 1. The van der Waals surface area contributed by atoms with Gasteiger partial charge in [0.25, 0.3) is 5.56 Å². The van der Waals surface area contributed by atoms with Gasteiger partial charge in [0, 0.05) is 31.7 Å². The van der Waals surface area contributed by atoms with Crippen molar-refractivity contribution in [2.24, 2.45) is 5.92 Å². The van der Waals surface area contributed by atoms with E-state index in [2.05, 4.69) is 5.32 Å². The topological polar surface area (TPSA) is 67.1 Å². The quantitative estimate of drug-likeness (QED) is 0.892. The summed E-state index contributed by atoms with van der Waals surface area (Å²) in [5.41, 5.74) is 0.769. The molecular weight excluding hydrogens is 361 g/mol. The Hall–Kier alpha value is -1.84. The van der Waals surface area contributed by atoms with Crippen LogP contribution >= 0.6 is 23.2 Å². The summed E-state index contributed by atoms with van der Waals surface area (Å²) in [5.74, 6) is 0.00591. The van der Waals surface area contributed by atoms with Gasteiger partial charge in [0.05, 0.1) is 22.8 Å². The standard InChI is InChI=1S/C18H17Cl2N3O2/c19-15-4-3-12(8-16(15)20)17-14(10-22-5-7-25-17)11-23-6-1-2-13(9-21)18(23)24/h1-4,6,8,14,17,22H,5,7,10-11H2/t14-,17-/m0/s1. The molecule has 0 unspecified atom stereocenters. The van der Waals surface area contributed by atoms with Gasteiger partial charge in [-0.2, -0.15) is 5.26 Å². The fraction of sp³-hybridized carbons (Fsp3) is 0.333. The predicted molar refractivity (Wildman–Crippen MR) is 96.9 cm³/mol. The average Bonchev–Trinajstić information content (AvgIpc) is 2.85. The summed E-state index contributed by atoms with van der Waals surface area (Å²) < 4.78 is 7.58. The molecule has 1 N–H and O–H groups in total. The number of hydrogen-bond acceptors (Lipinski definition) is 4. The molecule has 2 atom stereocenters. The molecule has 7 heteroatoms. The van der Waals surface area contributed by atoms with E-state index in [-0.39, 0.29) is 23.1 Å². The van der Waals surface area contributed by atoms with Crippen LogP contribution in [0.25, 0.3) is 0 Å². The summed E-state index contributed by atoms with van der Waals surface area (Å²) >= 11 is 12.2. The Morgan fingerprint density at radius 3 is 2.92 bits per heavy atom. The summed E-state index contributed by atoms with van der Waals surface area (Å²) in [6.45, 7) is 2.43. The van der Waals surface area contributed by atoms with E-state index in [0.29, 0.717) is 29.7 Å². The Morgan fingerprint density at radius 1 is 1.32 bits per heavy atom. The maximum Gasteiger partial charge on any atom is 0.268 e. The minimum atomic E-state index is -0.290. The normalized spacial score (nSPS) is 20.7. The Morgan fingerprint density at radius 2 is 2.16 bits per heavy atom. The van der Waals surface area contributed by atoms with E-state index < -0.39 is 0 Å². The number of nitrogens with one attached hydrogen (secondary N) is 1. The van der Waals surface area contributed by atoms with Crippen molar-refractivity contribution in [3.8, 4) is 6.07 Å². The summed E-state index contributed by atoms with van der Waals surface area (Å²) in [7, 11) is 0. The van der Waals surface area contributed by atoms with E-state index in [1.165, 1.54) is 6.07 Å². The highest BCUT2D eigenvalue weighted by molar-refractivity contribution is 6.42. The molecule has 130 valence electrons. The summed E-state index contributed by atoms with van der Waals surface area (Å²) in [4.78, 5) is 12.3. The van der Waals surface area contributed by atoms with Crippen molar-refractivity contribution in [1.82, 2.24) is 9.88 Å². The number of benzene rings is 1. The molecule has 0 amide bonds. The van der Waals surface area contributed by atoms with E-state index in [1.807, 2.05) is 12.1 Å². The second-order valence-corrected chi connectivity index (χ2v) is 6.73. The van der Waals surface area contributed by atoms with Gasteiger partial charge in [0.15, 0.2) is 0 Å². The highest BCUT2D eigenvalue weighted by Crippen LogP contribution is 2.32. The lowest BCUT2D eigenvalue weighted by Gasteiger charge is -2.26. The highest BCUT2D eigenvalue weighted by Gasteiger charge is 2.27. The zero-order valence-electron chi connectivity index (χ0n) is 13.4. The molecule has 2 heterocycles. The van der Waals surface area contributed by atoms with Crippen molar-refractivity contribution in [3.63, 3.8) is 0 Å². The first-order valence-electron chi connectivity index (χ1n) is 7.97. The monoisotopic (exact) mass is 377 g/mol. The first kappa shape index (κ1) is 18.0. The number of halogens is 2. The van der Waals surface area contributed by atoms with Crippen molar-refractivity contribution in [1.29, 1.82) is 5.26 Å². The molecule has 0 saturated carbocycles. The molecule has 1 aliphatic heterocycles. The Labute approximate surface area is 155 Å². The number of ether oxygens (including phenoxy) is 1. The number of pyridine rings is 1. The van der Waals surface area contributed by atoms with Crippen LogP contribution in [-0.4, -0.2) is 24.3 Å². The molecule has 3 rings (SSSR count). The van der Waals surface area contributed by atoms with Crippen LogP contribution < -0.4 is 10.9 Å². The highest BCUT2D eigenvalue weighted by atomic mass is 35.5. The minimum absolute atomic E-state index is 0.00591. The fourth-order valence-corrected chi connectivity index (χ4v) is 3.33. The van der Waals surface area contributed by atoms with Gasteiger partial charge in [-0.25, -0.2) is 0 Å². The van der Waals surface area contributed by atoms with Crippen molar-refractivity contribution in [2.75, 3.05) is 19.7 Å². The molecule has 0 aliphatic carbocycles. The predicted octanol–water partition coefficient (Wildman–Crippen LogP) is 3.00. The fourth-order valence-electron chi connectivity index (χ4n) is 3.03. The van der Waals surface area contributed by atoms with Gasteiger partial charge in [-0.05, 0) is 29.8 Å². The number of nitriles is 1. The second-order valence-electron chi connectivity index (χ2n) is 5.92. The zero-order valence-corrected chi connectivity index (χ0v) is 14.9. The second kappa shape index (κ2) is 8.03. The van der Waals surface area contributed by atoms with Gasteiger partial charge < -0.3 is 14.6 Å². The summed E-state index contributed by atoms with van der Waals surface area (Å²) in [5, 5.41) is 13.3. The largest absolute Gasteiger partial charge is 0.372 e. The molecule has 5 nitrogen and oxygen atoms in total. The zero-order chi connectivity index (χ0) is 17.8. The molecule has 0 spiro atoms. The molecule has 1 aromatic heterocycles. The van der Waals surface area contributed by atoms with Gasteiger partial charge in [0.1, 0.15) is 11.6 Å². The molecule has 1 fully saturated rings. The smallest absolute Gasteiger partial charge is 0.268 e. The van der Waals surface area contributed by atoms with Crippen LogP contribution in [0.3, 0.4) is 0 Å². The number of nitrogens with zero attached hydrogens (tertiary/aromatic N) is 2. The average molecular weight is 378 g/mol. The Balaban J connectivity index is 1.92. The van der Waals surface area contributed by atoms with Crippen LogP contribution in [0.5, 0.6) is 0 Å². The van der Waals surface area contributed by atoms with Crippen LogP contribution in [0.4, 0.5) is 0 Å². The molecule has 2 aromatic rings. The summed E-state index contributed by atoms with van der Waals surface area (Å²) in [6.07, 6.45) is 1.47. The van der Waals surface area contributed by atoms with E-state index in [1.54, 1.807) is 29.0 Å². The SMILES string of the molecule is N#Cc1cccn(C[C@@H]2CNCCO[C@H]2c2ccc(Cl)c(Cl)c2)c1=O. The van der Waals surface area contributed by atoms with Crippen molar-refractivity contribution in [3.05, 3.63) is 68.1 Å². The van der Waals surface area contributed by atoms with Gasteiger partial charge in [-0.15, -0.1) is 0 Å². The first-order chi connectivity index (χ1) is 12.1. The van der Waals surface area contributed by atoms with Gasteiger partial charge in [-0.1, -0.05) is 29.3 Å². The van der Waals surface area contributed by atoms with E-state index in [9.17, 15) is 4.79 Å². The van der Waals surface area contributed by atoms with Gasteiger partial charge >= 0.3 is 0 Å². The van der Waals surface area contributed by atoms with Crippen molar-refractivity contribution in [2.45, 2.75) is 12.6 Å². The summed E-state index contributed by atoms with van der Waals surface area (Å²) in [6, 6.07) is 10.6.